The molecule has 3 N–H and O–H groups in total. The van der Waals surface area contributed by atoms with Crippen molar-refractivity contribution in [3.05, 3.63) is 24.0 Å². The predicted octanol–water partition coefficient (Wildman–Crippen LogP) is 0.298. The minimum absolute atomic E-state index is 0.227. The van der Waals surface area contributed by atoms with Crippen LogP contribution in [0.4, 0.5) is 4.79 Å². The highest BCUT2D eigenvalue weighted by Crippen LogP contribution is 2.17. The summed E-state index contributed by atoms with van der Waals surface area (Å²) in [6.07, 6.45) is 2.27. The Balaban J connectivity index is 1.98. The number of nitrogens with two attached hydrogens (primary N) is 1. The molecule has 0 saturated carbocycles. The molecule has 1 saturated heterocycles. The van der Waals surface area contributed by atoms with E-state index in [2.05, 4.69) is 4.98 Å². The van der Waals surface area contributed by atoms with E-state index in [4.69, 9.17) is 20.3 Å². The minimum Gasteiger partial charge on any atom is -0.489 e. The quantitative estimate of drug-likeness (QED) is 0.814. The Kier molecular flexibility index (Phi) is 4.53. The van der Waals surface area contributed by atoms with Gasteiger partial charge in [0.15, 0.2) is 0 Å². The maximum Gasteiger partial charge on any atom is 0.407 e. The van der Waals surface area contributed by atoms with Crippen molar-refractivity contribution in [3.63, 3.8) is 0 Å². The lowest BCUT2D eigenvalue weighted by Gasteiger charge is -2.33. The smallest absolute Gasteiger partial charge is 0.407 e. The van der Waals surface area contributed by atoms with Crippen molar-refractivity contribution in [1.29, 1.82) is 0 Å². The number of hydrogen-bond acceptors (Lipinski definition) is 5. The molecular weight excluding hydrogens is 250 g/mol. The fourth-order valence-electron chi connectivity index (χ4n) is 1.94. The van der Waals surface area contributed by atoms with E-state index in [0.29, 0.717) is 32.1 Å². The number of nitrogens with zero attached hydrogens (tertiary/aromatic N) is 2. The molecule has 19 heavy (non-hydrogen) atoms. The molecule has 2 rings (SSSR count). The molecule has 0 spiro atoms. The second-order valence-electron chi connectivity index (χ2n) is 4.20. The zero-order valence-electron chi connectivity index (χ0n) is 10.5. The van der Waals surface area contributed by atoms with Gasteiger partial charge >= 0.3 is 6.09 Å². The van der Waals surface area contributed by atoms with Gasteiger partial charge in [0.05, 0.1) is 25.5 Å². The van der Waals surface area contributed by atoms with Crippen LogP contribution in [0.5, 0.6) is 5.75 Å². The molecule has 7 heteroatoms. The van der Waals surface area contributed by atoms with Crippen LogP contribution in [0.3, 0.4) is 0 Å². The predicted molar refractivity (Wildman–Crippen MR) is 67.0 cm³/mol. The Morgan fingerprint density at radius 3 is 3.26 bits per heavy atom. The van der Waals surface area contributed by atoms with Crippen molar-refractivity contribution < 1.29 is 19.4 Å². The molecule has 1 aliphatic heterocycles. The summed E-state index contributed by atoms with van der Waals surface area (Å²) in [5.74, 6) is 0.584. The van der Waals surface area contributed by atoms with Crippen LogP contribution in [0.2, 0.25) is 0 Å². The van der Waals surface area contributed by atoms with Crippen LogP contribution in [-0.4, -0.2) is 53.5 Å². The summed E-state index contributed by atoms with van der Waals surface area (Å²) in [7, 11) is 0. The summed E-state index contributed by atoms with van der Waals surface area (Å²) in [5, 5.41) is 9.09. The highest BCUT2D eigenvalue weighted by molar-refractivity contribution is 5.65. The summed E-state index contributed by atoms with van der Waals surface area (Å²) in [6.45, 7) is 1.70. The van der Waals surface area contributed by atoms with Gasteiger partial charge < -0.3 is 20.3 Å². The second kappa shape index (κ2) is 6.35. The molecule has 1 amide bonds. The monoisotopic (exact) mass is 267 g/mol. The molecule has 0 aromatic carbocycles. The molecule has 7 nitrogen and oxygen atoms in total. The molecule has 0 radical (unpaired) electrons. The summed E-state index contributed by atoms with van der Waals surface area (Å²) in [6, 6.07) is 1.47. The average molecular weight is 267 g/mol. The van der Waals surface area contributed by atoms with Gasteiger partial charge in [-0.3, -0.25) is 9.88 Å². The lowest BCUT2D eigenvalue weighted by molar-refractivity contribution is -0.0149. The summed E-state index contributed by atoms with van der Waals surface area (Å²) in [5.41, 5.74) is 6.44. The van der Waals surface area contributed by atoms with Crippen molar-refractivity contribution >= 4 is 6.09 Å². The molecule has 1 aromatic rings. The third-order valence-corrected chi connectivity index (χ3v) is 2.99. The van der Waals surface area contributed by atoms with E-state index in [1.165, 1.54) is 4.90 Å². The van der Waals surface area contributed by atoms with E-state index in [1.54, 1.807) is 18.5 Å². The van der Waals surface area contributed by atoms with Gasteiger partial charge in [-0.2, -0.15) is 0 Å². The number of aromatic nitrogens is 1. The molecular formula is C12H17N3O4. The van der Waals surface area contributed by atoms with Crippen molar-refractivity contribution in [2.24, 2.45) is 5.73 Å². The van der Waals surface area contributed by atoms with E-state index in [1.807, 2.05) is 0 Å². The molecule has 2 heterocycles. The van der Waals surface area contributed by atoms with Crippen molar-refractivity contribution in [1.82, 2.24) is 9.88 Å². The molecule has 1 aromatic heterocycles. The Bertz CT molecular complexity index is 441. The molecule has 1 atom stereocenters. The van der Waals surface area contributed by atoms with E-state index >= 15 is 0 Å². The highest BCUT2D eigenvalue weighted by Gasteiger charge is 2.27. The molecule has 0 bridgehead atoms. The van der Waals surface area contributed by atoms with Gasteiger partial charge in [0, 0.05) is 24.8 Å². The molecule has 0 unspecified atom stereocenters. The lowest BCUT2D eigenvalue weighted by atomic mass is 10.2. The van der Waals surface area contributed by atoms with Crippen LogP contribution in [0.25, 0.3) is 0 Å². The zero-order chi connectivity index (χ0) is 13.7. The topological polar surface area (TPSA) is 97.9 Å². The van der Waals surface area contributed by atoms with Gasteiger partial charge in [0.1, 0.15) is 12.4 Å². The Morgan fingerprint density at radius 1 is 1.68 bits per heavy atom. The number of hydrogen-bond donors (Lipinski definition) is 2. The number of pyridine rings is 1. The average Bonchev–Trinajstić information content (AvgIpc) is 2.45. The van der Waals surface area contributed by atoms with Crippen LogP contribution in [0.1, 0.15) is 5.56 Å². The molecule has 104 valence electrons. The van der Waals surface area contributed by atoms with Gasteiger partial charge in [-0.25, -0.2) is 4.79 Å². The Hall–Kier alpha value is -1.86. The third kappa shape index (κ3) is 3.33. The van der Waals surface area contributed by atoms with Gasteiger partial charge in [-0.15, -0.1) is 0 Å². The standard InChI is InChI=1S/C12H17N3O4/c13-5-9-1-2-14-6-11(9)19-8-10-7-18-4-3-15(10)12(16)17/h1-2,6,10H,3-5,7-8,13H2,(H,16,17)/t10-/m1/s1. The summed E-state index contributed by atoms with van der Waals surface area (Å²) < 4.78 is 10.9. The van der Waals surface area contributed by atoms with Crippen LogP contribution < -0.4 is 10.5 Å². The SMILES string of the molecule is NCc1ccncc1OC[C@H]1COCCN1C(=O)O. The van der Waals surface area contributed by atoms with Crippen LogP contribution in [-0.2, 0) is 11.3 Å². The van der Waals surface area contributed by atoms with Crippen molar-refractivity contribution in [3.8, 4) is 5.75 Å². The van der Waals surface area contributed by atoms with Crippen LogP contribution in [0.15, 0.2) is 18.5 Å². The van der Waals surface area contributed by atoms with Crippen LogP contribution >= 0.6 is 0 Å². The van der Waals surface area contributed by atoms with E-state index in [-0.39, 0.29) is 12.6 Å². The molecule has 0 aliphatic carbocycles. The van der Waals surface area contributed by atoms with Gasteiger partial charge in [0.2, 0.25) is 0 Å². The first-order valence-electron chi connectivity index (χ1n) is 6.05. The Morgan fingerprint density at radius 2 is 2.53 bits per heavy atom. The van der Waals surface area contributed by atoms with Gasteiger partial charge in [-0.05, 0) is 6.07 Å². The normalized spacial score (nSPS) is 19.2. The summed E-state index contributed by atoms with van der Waals surface area (Å²) in [4.78, 5) is 16.4. The maximum atomic E-state index is 11.1. The van der Waals surface area contributed by atoms with Crippen LogP contribution in [0, 0.1) is 0 Å². The van der Waals surface area contributed by atoms with Crippen molar-refractivity contribution in [2.75, 3.05) is 26.4 Å². The first-order chi connectivity index (χ1) is 9.22. The molecule has 1 fully saturated rings. The summed E-state index contributed by atoms with van der Waals surface area (Å²) >= 11 is 0. The largest absolute Gasteiger partial charge is 0.489 e. The number of rotatable bonds is 4. The first kappa shape index (κ1) is 13.6. The van der Waals surface area contributed by atoms with Crippen molar-refractivity contribution in [2.45, 2.75) is 12.6 Å². The number of carboxylic acid groups (broad SMARTS) is 1. The lowest BCUT2D eigenvalue weighted by Crippen LogP contribution is -2.50. The number of carbonyl (C=O) groups is 1. The number of ether oxygens (including phenoxy) is 2. The van der Waals surface area contributed by atoms with Gasteiger partial charge in [-0.1, -0.05) is 0 Å². The fourth-order valence-corrected chi connectivity index (χ4v) is 1.94. The van der Waals surface area contributed by atoms with E-state index in [0.717, 1.165) is 5.56 Å². The highest BCUT2D eigenvalue weighted by atomic mass is 16.5. The van der Waals surface area contributed by atoms with E-state index < -0.39 is 6.09 Å². The minimum atomic E-state index is -0.956. The molecule has 1 aliphatic rings. The third-order valence-electron chi connectivity index (χ3n) is 2.99. The second-order valence-corrected chi connectivity index (χ2v) is 4.20. The zero-order valence-corrected chi connectivity index (χ0v) is 10.5. The maximum absolute atomic E-state index is 11.1. The fraction of sp³-hybridized carbons (Fsp3) is 0.500. The number of morpholine rings is 1. The number of amides is 1. The van der Waals surface area contributed by atoms with E-state index in [9.17, 15) is 4.79 Å². The van der Waals surface area contributed by atoms with Gasteiger partial charge in [0.25, 0.3) is 0 Å². The Labute approximate surface area is 110 Å². The first-order valence-corrected chi connectivity index (χ1v) is 6.05.